The van der Waals surface area contributed by atoms with Crippen LogP contribution < -0.4 is 0 Å². The van der Waals surface area contributed by atoms with E-state index in [0.717, 1.165) is 16.7 Å². The largest absolute Gasteiger partial charge is 0.507 e. The molecule has 0 fully saturated rings. The summed E-state index contributed by atoms with van der Waals surface area (Å²) in [7, 11) is 0. The first-order valence-corrected chi connectivity index (χ1v) is 7.66. The average molecular weight is 315 g/mol. The molecule has 5 heteroatoms. The normalized spacial score (nSPS) is 13.4. The minimum Gasteiger partial charge on any atom is -0.507 e. The Hall–Kier alpha value is -2.30. The highest BCUT2D eigenvalue weighted by Crippen LogP contribution is 2.40. The van der Waals surface area contributed by atoms with E-state index in [-0.39, 0.29) is 10.8 Å². The van der Waals surface area contributed by atoms with Crippen molar-refractivity contribution in [3.8, 4) is 5.75 Å². The third-order valence-electron chi connectivity index (χ3n) is 3.86. The Kier molecular flexibility index (Phi) is 4.24. The Bertz CT molecular complexity index is 683. The smallest absolute Gasteiger partial charge is 0.134 e. The molecule has 0 amide bonds. The van der Waals surface area contributed by atoms with Crippen molar-refractivity contribution in [3.63, 3.8) is 0 Å². The summed E-state index contributed by atoms with van der Waals surface area (Å²) < 4.78 is 0. The number of aromatic hydroxyl groups is 1. The number of rotatable bonds is 2. The lowest BCUT2D eigenvalue weighted by atomic mass is 9.78. The van der Waals surface area contributed by atoms with Crippen LogP contribution >= 0.6 is 0 Å². The van der Waals surface area contributed by atoms with Gasteiger partial charge < -0.3 is 10.3 Å². The molecule has 2 rings (SSSR count). The molecule has 0 saturated heterocycles. The zero-order chi connectivity index (χ0) is 17.4. The second-order valence-electron chi connectivity index (χ2n) is 7.84. The van der Waals surface area contributed by atoms with Gasteiger partial charge in [-0.1, -0.05) is 46.7 Å². The molecule has 0 aliphatic rings. The summed E-state index contributed by atoms with van der Waals surface area (Å²) in [5, 5.41) is 30.4. The number of nitrogens with one attached hydrogen (secondary N) is 1. The number of H-pyrrole nitrogens is 1. The summed E-state index contributed by atoms with van der Waals surface area (Å²) in [6, 6.07) is 5.50. The molecular formula is C18H25N3O2. The topological polar surface area (TPSA) is 81.5 Å². The Labute approximate surface area is 137 Å². The Balaban J connectivity index is 2.75. The summed E-state index contributed by atoms with van der Waals surface area (Å²) in [6.45, 7) is 12.3. The molecule has 3 N–H and O–H groups in total. The highest BCUT2D eigenvalue weighted by atomic mass is 16.4. The van der Waals surface area contributed by atoms with Crippen LogP contribution in [0.4, 0.5) is 0 Å². The number of nitrogens with zero attached hydrogens (tertiary/aromatic N) is 2. The number of benzene rings is 1. The Morgan fingerprint density at radius 3 is 1.91 bits per heavy atom. The van der Waals surface area contributed by atoms with Gasteiger partial charge in [-0.05, 0) is 29.0 Å². The van der Waals surface area contributed by atoms with Gasteiger partial charge in [0.2, 0.25) is 0 Å². The van der Waals surface area contributed by atoms with Crippen LogP contribution in [0.3, 0.4) is 0 Å². The fourth-order valence-corrected chi connectivity index (χ4v) is 2.57. The fourth-order valence-electron chi connectivity index (χ4n) is 2.57. The first-order chi connectivity index (χ1) is 10.6. The molecule has 0 aliphatic heterocycles. The molecule has 0 unspecified atom stereocenters. The van der Waals surface area contributed by atoms with Crippen LogP contribution in [-0.2, 0) is 10.8 Å². The number of phenolic OH excluding ortho intramolecular Hbond substituents is 1. The zero-order valence-electron chi connectivity index (χ0n) is 14.6. The lowest BCUT2D eigenvalue weighted by Crippen LogP contribution is -2.19. The third-order valence-corrected chi connectivity index (χ3v) is 3.86. The number of hydrogen-bond donors (Lipinski definition) is 3. The maximum atomic E-state index is 10.7. The lowest BCUT2D eigenvalue weighted by molar-refractivity contribution is 0.319. The molecule has 124 valence electrons. The van der Waals surface area contributed by atoms with Gasteiger partial charge in [0.25, 0.3) is 0 Å². The van der Waals surface area contributed by atoms with Crippen molar-refractivity contribution in [2.24, 2.45) is 5.16 Å². The van der Waals surface area contributed by atoms with Crippen molar-refractivity contribution in [3.05, 3.63) is 46.8 Å². The summed E-state index contributed by atoms with van der Waals surface area (Å²) >= 11 is 0. The molecule has 1 aromatic heterocycles. The van der Waals surface area contributed by atoms with E-state index in [1.54, 1.807) is 12.3 Å². The molecule has 0 radical (unpaired) electrons. The summed E-state index contributed by atoms with van der Waals surface area (Å²) in [5.41, 5.74) is 2.92. The SMILES string of the molecule is CC(C)(C)c1cc(/C(=N/O)c2ccn[nH]2)cc(C(C)(C)C)c1O. The molecule has 1 aromatic carbocycles. The molecule has 5 nitrogen and oxygen atoms in total. The van der Waals surface area contributed by atoms with E-state index in [1.165, 1.54) is 0 Å². The van der Waals surface area contributed by atoms with Crippen molar-refractivity contribution >= 4 is 5.71 Å². The van der Waals surface area contributed by atoms with Crippen LogP contribution in [0.2, 0.25) is 0 Å². The van der Waals surface area contributed by atoms with Gasteiger partial charge in [-0.15, -0.1) is 0 Å². The average Bonchev–Trinajstić information content (AvgIpc) is 2.92. The third kappa shape index (κ3) is 3.38. The molecule has 1 heterocycles. The van der Waals surface area contributed by atoms with Gasteiger partial charge in [0.1, 0.15) is 11.5 Å². The molecule has 0 spiro atoms. The summed E-state index contributed by atoms with van der Waals surface area (Å²) in [6.07, 6.45) is 1.61. The second-order valence-corrected chi connectivity index (χ2v) is 7.84. The predicted octanol–water partition coefficient (Wildman–Crippen LogP) is 3.94. The quantitative estimate of drug-likeness (QED) is 0.446. The van der Waals surface area contributed by atoms with Crippen LogP contribution in [0.25, 0.3) is 0 Å². The van der Waals surface area contributed by atoms with Crippen molar-refractivity contribution in [2.75, 3.05) is 0 Å². The second kappa shape index (κ2) is 5.72. The van der Waals surface area contributed by atoms with Crippen LogP contribution in [0.5, 0.6) is 5.75 Å². The molecule has 0 bridgehead atoms. The highest BCUT2D eigenvalue weighted by Gasteiger charge is 2.27. The monoisotopic (exact) mass is 315 g/mol. The van der Waals surface area contributed by atoms with E-state index in [0.29, 0.717) is 17.2 Å². The van der Waals surface area contributed by atoms with Crippen molar-refractivity contribution in [1.29, 1.82) is 0 Å². The van der Waals surface area contributed by atoms with Crippen LogP contribution in [-0.4, -0.2) is 26.2 Å². The van der Waals surface area contributed by atoms with E-state index >= 15 is 0 Å². The van der Waals surface area contributed by atoms with Crippen molar-refractivity contribution < 1.29 is 10.3 Å². The number of hydrogen-bond acceptors (Lipinski definition) is 4. The minimum atomic E-state index is -0.241. The van der Waals surface area contributed by atoms with Gasteiger partial charge >= 0.3 is 0 Å². The zero-order valence-corrected chi connectivity index (χ0v) is 14.6. The predicted molar refractivity (Wildman–Crippen MR) is 91.5 cm³/mol. The van der Waals surface area contributed by atoms with Crippen LogP contribution in [0.1, 0.15) is 63.9 Å². The molecular weight excluding hydrogens is 290 g/mol. The molecule has 2 aromatic rings. The van der Waals surface area contributed by atoms with Crippen LogP contribution in [0, 0.1) is 0 Å². The van der Waals surface area contributed by atoms with Gasteiger partial charge in [-0.2, -0.15) is 5.10 Å². The van der Waals surface area contributed by atoms with Crippen molar-refractivity contribution in [2.45, 2.75) is 52.4 Å². The molecule has 0 saturated carbocycles. The van der Waals surface area contributed by atoms with Gasteiger partial charge in [-0.25, -0.2) is 0 Å². The maximum absolute atomic E-state index is 10.7. The highest BCUT2D eigenvalue weighted by molar-refractivity contribution is 6.11. The molecule has 0 aliphatic carbocycles. The van der Waals surface area contributed by atoms with E-state index in [2.05, 4.69) is 15.4 Å². The van der Waals surface area contributed by atoms with Crippen molar-refractivity contribution in [1.82, 2.24) is 10.2 Å². The number of oxime groups is 1. The van der Waals surface area contributed by atoms with E-state index in [4.69, 9.17) is 0 Å². The van der Waals surface area contributed by atoms with Gasteiger partial charge in [0.15, 0.2) is 0 Å². The minimum absolute atomic E-state index is 0.241. The van der Waals surface area contributed by atoms with Gasteiger partial charge in [0, 0.05) is 22.9 Å². The number of aromatic amines is 1. The fraction of sp³-hybridized carbons (Fsp3) is 0.444. The van der Waals surface area contributed by atoms with E-state index < -0.39 is 0 Å². The van der Waals surface area contributed by atoms with Crippen LogP contribution in [0.15, 0.2) is 29.6 Å². The molecule has 0 atom stereocenters. The Morgan fingerprint density at radius 2 is 1.57 bits per heavy atom. The summed E-state index contributed by atoms with van der Waals surface area (Å²) in [5.74, 6) is 0.302. The number of aromatic nitrogens is 2. The first kappa shape index (κ1) is 17.1. The van der Waals surface area contributed by atoms with E-state index in [1.807, 2.05) is 53.7 Å². The number of phenols is 1. The summed E-state index contributed by atoms with van der Waals surface area (Å²) in [4.78, 5) is 0. The first-order valence-electron chi connectivity index (χ1n) is 7.66. The Morgan fingerprint density at radius 1 is 1.04 bits per heavy atom. The molecule has 23 heavy (non-hydrogen) atoms. The van der Waals surface area contributed by atoms with E-state index in [9.17, 15) is 10.3 Å². The standard InChI is InChI=1S/C18H25N3O2/c1-17(2,3)12-9-11(10-13(16(12)22)18(4,5)6)15(21-23)14-7-8-19-20-14/h7-10,22-23H,1-6H3,(H,19,20)/b21-15-. The van der Waals surface area contributed by atoms with Gasteiger partial charge in [0.05, 0.1) is 5.69 Å². The lowest BCUT2D eigenvalue weighted by Gasteiger charge is -2.28. The van der Waals surface area contributed by atoms with Gasteiger partial charge in [-0.3, -0.25) is 5.10 Å². The maximum Gasteiger partial charge on any atom is 0.134 e.